The SMILES string of the molecule is O=C(N/N=C\c1c(F)c(F)c(F)c(F)c1F)c1cccc(S(=O)(=O)N2CCCC2)c1. The van der Waals surface area contributed by atoms with Crippen molar-refractivity contribution in [2.45, 2.75) is 17.7 Å². The second-order valence-electron chi connectivity index (χ2n) is 6.32. The zero-order valence-electron chi connectivity index (χ0n) is 15.1. The minimum absolute atomic E-state index is 0.124. The van der Waals surface area contributed by atoms with Crippen LogP contribution in [-0.2, 0) is 10.0 Å². The quantitative estimate of drug-likeness (QED) is 0.252. The Bertz CT molecular complexity index is 1100. The van der Waals surface area contributed by atoms with Crippen LogP contribution < -0.4 is 5.43 Å². The van der Waals surface area contributed by atoms with E-state index in [1.165, 1.54) is 22.5 Å². The van der Waals surface area contributed by atoms with Crippen LogP contribution in [0.2, 0.25) is 0 Å². The second-order valence-corrected chi connectivity index (χ2v) is 8.26. The lowest BCUT2D eigenvalue weighted by Crippen LogP contribution is -2.28. The number of rotatable bonds is 5. The Morgan fingerprint density at radius 1 is 0.967 bits per heavy atom. The number of carbonyl (C=O) groups excluding carboxylic acids is 1. The number of hydrogen-bond donors (Lipinski definition) is 1. The molecule has 0 aliphatic carbocycles. The molecule has 1 amide bonds. The highest BCUT2D eigenvalue weighted by Gasteiger charge is 2.28. The molecule has 1 fully saturated rings. The molecule has 1 N–H and O–H groups in total. The first-order chi connectivity index (χ1) is 14.1. The molecule has 6 nitrogen and oxygen atoms in total. The molecule has 0 atom stereocenters. The van der Waals surface area contributed by atoms with Crippen LogP contribution >= 0.6 is 0 Å². The van der Waals surface area contributed by atoms with Crippen LogP contribution in [-0.4, -0.2) is 37.9 Å². The first kappa shape index (κ1) is 21.8. The van der Waals surface area contributed by atoms with Gasteiger partial charge in [0.2, 0.25) is 15.8 Å². The van der Waals surface area contributed by atoms with Gasteiger partial charge in [-0.2, -0.15) is 9.41 Å². The van der Waals surface area contributed by atoms with Gasteiger partial charge in [-0.3, -0.25) is 4.79 Å². The monoisotopic (exact) mass is 447 g/mol. The van der Waals surface area contributed by atoms with E-state index in [0.29, 0.717) is 13.1 Å². The van der Waals surface area contributed by atoms with E-state index in [1.807, 2.05) is 5.43 Å². The maximum Gasteiger partial charge on any atom is 0.271 e. The Labute approximate surface area is 168 Å². The van der Waals surface area contributed by atoms with Gasteiger partial charge in [0.05, 0.1) is 16.7 Å². The molecule has 0 aromatic heterocycles. The highest BCUT2D eigenvalue weighted by atomic mass is 32.2. The van der Waals surface area contributed by atoms with Gasteiger partial charge < -0.3 is 0 Å². The van der Waals surface area contributed by atoms with Crippen molar-refractivity contribution in [1.29, 1.82) is 0 Å². The first-order valence-electron chi connectivity index (χ1n) is 8.59. The van der Waals surface area contributed by atoms with Gasteiger partial charge in [-0.05, 0) is 31.0 Å². The number of benzene rings is 2. The van der Waals surface area contributed by atoms with Gasteiger partial charge in [0.25, 0.3) is 5.91 Å². The topological polar surface area (TPSA) is 78.8 Å². The molecule has 160 valence electrons. The molecule has 3 rings (SSSR count). The van der Waals surface area contributed by atoms with E-state index in [9.17, 15) is 35.2 Å². The molecule has 1 heterocycles. The average Bonchev–Trinajstić information content (AvgIpc) is 3.29. The van der Waals surface area contributed by atoms with Crippen molar-refractivity contribution >= 4 is 22.1 Å². The summed E-state index contributed by atoms with van der Waals surface area (Å²) in [5.41, 5.74) is 0.383. The second kappa shape index (κ2) is 8.48. The lowest BCUT2D eigenvalue weighted by molar-refractivity contribution is 0.0955. The molecule has 12 heteroatoms. The van der Waals surface area contributed by atoms with E-state index in [1.54, 1.807) is 0 Å². The summed E-state index contributed by atoms with van der Waals surface area (Å²) >= 11 is 0. The van der Waals surface area contributed by atoms with Gasteiger partial charge in [0.15, 0.2) is 23.3 Å². The van der Waals surface area contributed by atoms with Crippen molar-refractivity contribution in [3.05, 3.63) is 64.5 Å². The smallest absolute Gasteiger partial charge is 0.267 e. The van der Waals surface area contributed by atoms with Gasteiger partial charge in [0, 0.05) is 18.7 Å². The van der Waals surface area contributed by atoms with Crippen LogP contribution in [0.5, 0.6) is 0 Å². The molecular weight excluding hydrogens is 433 g/mol. The summed E-state index contributed by atoms with van der Waals surface area (Å²) in [6.45, 7) is 0.732. The molecule has 1 aliphatic heterocycles. The van der Waals surface area contributed by atoms with Crippen LogP contribution in [0.4, 0.5) is 22.0 Å². The van der Waals surface area contributed by atoms with Crippen LogP contribution in [0.3, 0.4) is 0 Å². The van der Waals surface area contributed by atoms with Gasteiger partial charge >= 0.3 is 0 Å². The third-order valence-corrected chi connectivity index (χ3v) is 6.30. The number of nitrogens with one attached hydrogen (secondary N) is 1. The molecule has 0 unspecified atom stereocenters. The van der Waals surface area contributed by atoms with Crippen molar-refractivity contribution < 1.29 is 35.2 Å². The summed E-state index contributed by atoms with van der Waals surface area (Å²) < 4.78 is 92.9. The maximum absolute atomic E-state index is 13.6. The van der Waals surface area contributed by atoms with E-state index in [-0.39, 0.29) is 16.7 Å². The zero-order chi connectivity index (χ0) is 22.1. The predicted octanol–water partition coefficient (Wildman–Crippen LogP) is 2.93. The summed E-state index contributed by atoms with van der Waals surface area (Å²) in [6.07, 6.45) is 1.72. The van der Waals surface area contributed by atoms with E-state index in [2.05, 4.69) is 5.10 Å². The highest BCUT2D eigenvalue weighted by Crippen LogP contribution is 2.22. The Kier molecular flexibility index (Phi) is 6.17. The first-order valence-corrected chi connectivity index (χ1v) is 10.0. The fraction of sp³-hybridized carbons (Fsp3) is 0.222. The van der Waals surface area contributed by atoms with E-state index >= 15 is 0 Å². The van der Waals surface area contributed by atoms with Gasteiger partial charge in [0.1, 0.15) is 0 Å². The third kappa shape index (κ3) is 4.05. The number of hydrogen-bond acceptors (Lipinski definition) is 4. The van der Waals surface area contributed by atoms with Crippen LogP contribution in [0.1, 0.15) is 28.8 Å². The minimum Gasteiger partial charge on any atom is -0.267 e. The summed E-state index contributed by atoms with van der Waals surface area (Å²) in [4.78, 5) is 12.0. The summed E-state index contributed by atoms with van der Waals surface area (Å²) in [6, 6.07) is 5.00. The van der Waals surface area contributed by atoms with Crippen molar-refractivity contribution in [1.82, 2.24) is 9.73 Å². The predicted molar refractivity (Wildman–Crippen MR) is 95.7 cm³/mol. The molecule has 0 saturated carbocycles. The van der Waals surface area contributed by atoms with E-state index in [4.69, 9.17) is 0 Å². The molecule has 1 saturated heterocycles. The Balaban J connectivity index is 1.80. The molecule has 0 bridgehead atoms. The third-order valence-electron chi connectivity index (χ3n) is 4.40. The lowest BCUT2D eigenvalue weighted by Gasteiger charge is -2.15. The molecular formula is C18H14F5N3O3S. The number of halogens is 5. The molecule has 1 aliphatic rings. The average molecular weight is 447 g/mol. The highest BCUT2D eigenvalue weighted by molar-refractivity contribution is 7.89. The molecule has 0 radical (unpaired) electrons. The molecule has 0 spiro atoms. The largest absolute Gasteiger partial charge is 0.271 e. The fourth-order valence-corrected chi connectivity index (χ4v) is 4.39. The van der Waals surface area contributed by atoms with Crippen molar-refractivity contribution in [3.8, 4) is 0 Å². The van der Waals surface area contributed by atoms with Crippen LogP contribution in [0, 0.1) is 29.1 Å². The molecule has 2 aromatic rings. The van der Waals surface area contributed by atoms with E-state index < -0.39 is 50.6 Å². The number of sulfonamides is 1. The van der Waals surface area contributed by atoms with Crippen molar-refractivity contribution in [3.63, 3.8) is 0 Å². The summed E-state index contributed by atoms with van der Waals surface area (Å²) in [7, 11) is -3.79. The molecule has 2 aromatic carbocycles. The zero-order valence-corrected chi connectivity index (χ0v) is 15.9. The fourth-order valence-electron chi connectivity index (χ4n) is 2.83. The maximum atomic E-state index is 13.6. The number of carbonyl (C=O) groups is 1. The summed E-state index contributed by atoms with van der Waals surface area (Å²) in [5.74, 6) is -11.8. The number of amides is 1. The Hall–Kier alpha value is -2.86. The van der Waals surface area contributed by atoms with Crippen molar-refractivity contribution in [2.75, 3.05) is 13.1 Å². The number of nitrogens with zero attached hydrogens (tertiary/aromatic N) is 2. The minimum atomic E-state index is -3.79. The Morgan fingerprint density at radius 3 is 2.13 bits per heavy atom. The summed E-state index contributed by atoms with van der Waals surface area (Å²) in [5, 5.41) is 3.20. The lowest BCUT2D eigenvalue weighted by atomic mass is 10.2. The Morgan fingerprint density at radius 2 is 1.53 bits per heavy atom. The van der Waals surface area contributed by atoms with Gasteiger partial charge in [-0.25, -0.2) is 35.8 Å². The van der Waals surface area contributed by atoms with Crippen LogP contribution in [0.25, 0.3) is 0 Å². The van der Waals surface area contributed by atoms with Gasteiger partial charge in [-0.1, -0.05) is 6.07 Å². The number of hydrazone groups is 1. The molecule has 30 heavy (non-hydrogen) atoms. The van der Waals surface area contributed by atoms with Gasteiger partial charge in [-0.15, -0.1) is 0 Å². The normalized spacial score (nSPS) is 15.1. The van der Waals surface area contributed by atoms with Crippen molar-refractivity contribution in [2.24, 2.45) is 5.10 Å². The van der Waals surface area contributed by atoms with E-state index in [0.717, 1.165) is 18.9 Å². The van der Waals surface area contributed by atoms with Crippen LogP contribution in [0.15, 0.2) is 34.3 Å². The standard InChI is InChI=1S/C18H14F5N3O3S/c19-13-12(14(20)16(22)17(23)15(13)21)9-24-25-18(27)10-4-3-5-11(8-10)30(28,29)26-6-1-2-7-26/h3-5,8-9H,1-2,6-7H2,(H,25,27)/b24-9-.